The van der Waals surface area contributed by atoms with Crippen molar-refractivity contribution in [3.63, 3.8) is 0 Å². The first-order valence-electron chi connectivity index (χ1n) is 5.95. The largest absolute Gasteiger partial charge is 0.463 e. The summed E-state index contributed by atoms with van der Waals surface area (Å²) in [6.07, 6.45) is 1.10. The van der Waals surface area contributed by atoms with Crippen molar-refractivity contribution < 1.29 is 19.2 Å². The summed E-state index contributed by atoms with van der Waals surface area (Å²) in [5.41, 5.74) is -0.0694. The molecular formula is C13H13ClN2O5. The van der Waals surface area contributed by atoms with E-state index in [1.165, 1.54) is 19.1 Å². The molecule has 0 heterocycles. The van der Waals surface area contributed by atoms with Crippen molar-refractivity contribution in [3.05, 3.63) is 50.7 Å². The molecule has 0 saturated heterocycles. The van der Waals surface area contributed by atoms with Crippen molar-refractivity contribution in [1.82, 2.24) is 5.32 Å². The Morgan fingerprint density at radius 1 is 1.48 bits per heavy atom. The molecule has 0 aromatic heterocycles. The summed E-state index contributed by atoms with van der Waals surface area (Å²) in [4.78, 5) is 33.2. The summed E-state index contributed by atoms with van der Waals surface area (Å²) >= 11 is 5.84. The van der Waals surface area contributed by atoms with Crippen LogP contribution in [0.1, 0.15) is 24.2 Å². The maximum atomic E-state index is 12.0. The smallest absolute Gasteiger partial charge is 0.332 e. The minimum Gasteiger partial charge on any atom is -0.463 e. The van der Waals surface area contributed by atoms with Crippen LogP contribution in [0.3, 0.4) is 0 Å². The molecule has 0 radical (unpaired) electrons. The van der Waals surface area contributed by atoms with Crippen LogP contribution in [0.25, 0.3) is 0 Å². The van der Waals surface area contributed by atoms with Crippen LogP contribution in [0.5, 0.6) is 0 Å². The molecule has 0 fully saturated rings. The predicted octanol–water partition coefficient (Wildman–Crippen LogP) is 2.44. The summed E-state index contributed by atoms with van der Waals surface area (Å²) < 4.78 is 4.69. The quantitative estimate of drug-likeness (QED) is 0.389. The van der Waals surface area contributed by atoms with E-state index in [9.17, 15) is 19.7 Å². The molecule has 0 bridgehead atoms. The summed E-state index contributed by atoms with van der Waals surface area (Å²) in [6.45, 7) is 3.36. The molecule has 0 aliphatic carbocycles. The monoisotopic (exact) mass is 312 g/mol. The number of nitro benzene ring substituents is 1. The van der Waals surface area contributed by atoms with E-state index in [-0.39, 0.29) is 28.6 Å². The van der Waals surface area contributed by atoms with Crippen LogP contribution < -0.4 is 5.32 Å². The van der Waals surface area contributed by atoms with Crippen molar-refractivity contribution in [2.45, 2.75) is 13.8 Å². The van der Waals surface area contributed by atoms with Crippen LogP contribution in [-0.2, 0) is 9.53 Å². The van der Waals surface area contributed by atoms with Gasteiger partial charge in [-0.25, -0.2) is 4.79 Å². The first-order valence-corrected chi connectivity index (χ1v) is 6.33. The molecule has 0 aliphatic rings. The van der Waals surface area contributed by atoms with Crippen molar-refractivity contribution in [2.24, 2.45) is 0 Å². The highest BCUT2D eigenvalue weighted by Crippen LogP contribution is 2.22. The van der Waals surface area contributed by atoms with Gasteiger partial charge in [-0.1, -0.05) is 11.6 Å². The van der Waals surface area contributed by atoms with Crippen molar-refractivity contribution >= 4 is 29.2 Å². The van der Waals surface area contributed by atoms with E-state index >= 15 is 0 Å². The van der Waals surface area contributed by atoms with Crippen molar-refractivity contribution in [2.75, 3.05) is 6.61 Å². The molecule has 1 amide bonds. The third-order valence-corrected chi connectivity index (χ3v) is 2.67. The van der Waals surface area contributed by atoms with Crippen LogP contribution in [0.4, 0.5) is 5.69 Å². The fourth-order valence-corrected chi connectivity index (χ4v) is 1.65. The van der Waals surface area contributed by atoms with Gasteiger partial charge in [-0.15, -0.1) is 0 Å². The standard InChI is InChI=1S/C13H13ClN2O5/c1-3-21-12(17)6-8(2)15-13(18)10-7-9(16(19)20)4-5-11(10)14/h4-7H,3H2,1-2H3,(H,15,18). The van der Waals surface area contributed by atoms with E-state index in [1.54, 1.807) is 6.92 Å². The first-order chi connectivity index (χ1) is 9.85. The predicted molar refractivity (Wildman–Crippen MR) is 76.0 cm³/mol. The fourth-order valence-electron chi connectivity index (χ4n) is 1.44. The SMILES string of the molecule is CCOC(=O)C=C(C)NC(=O)c1cc([N+](=O)[O-])ccc1Cl. The van der Waals surface area contributed by atoms with Crippen molar-refractivity contribution in [1.29, 1.82) is 0 Å². The molecule has 0 spiro atoms. The maximum absolute atomic E-state index is 12.0. The lowest BCUT2D eigenvalue weighted by atomic mass is 10.2. The fraction of sp³-hybridized carbons (Fsp3) is 0.231. The molecule has 0 atom stereocenters. The van der Waals surface area contributed by atoms with Gasteiger partial charge in [-0.3, -0.25) is 14.9 Å². The Balaban J connectivity index is 2.91. The maximum Gasteiger partial charge on any atom is 0.332 e. The third kappa shape index (κ3) is 4.88. The summed E-state index contributed by atoms with van der Waals surface area (Å²) in [7, 11) is 0. The summed E-state index contributed by atoms with van der Waals surface area (Å²) in [5.74, 6) is -1.25. The minimum absolute atomic E-state index is 0.0533. The zero-order valence-corrected chi connectivity index (χ0v) is 12.1. The van der Waals surface area contributed by atoms with Gasteiger partial charge in [0.25, 0.3) is 11.6 Å². The molecule has 1 aromatic rings. The Labute approximate surface area is 125 Å². The molecule has 0 saturated carbocycles. The van der Waals surface area contributed by atoms with E-state index in [4.69, 9.17) is 16.3 Å². The molecule has 1 rings (SSSR count). The average molecular weight is 313 g/mol. The molecule has 8 heteroatoms. The average Bonchev–Trinajstić information content (AvgIpc) is 2.38. The van der Waals surface area contributed by atoms with Gasteiger partial charge in [0.05, 0.1) is 22.1 Å². The van der Waals surface area contributed by atoms with Gasteiger partial charge in [-0.2, -0.15) is 0 Å². The number of non-ortho nitro benzene ring substituents is 1. The van der Waals surface area contributed by atoms with E-state index in [0.717, 1.165) is 12.1 Å². The Hall–Kier alpha value is -2.41. The number of nitrogens with one attached hydrogen (secondary N) is 1. The van der Waals surface area contributed by atoms with E-state index in [2.05, 4.69) is 5.32 Å². The van der Waals surface area contributed by atoms with E-state index in [1.807, 2.05) is 0 Å². The zero-order chi connectivity index (χ0) is 16.0. The lowest BCUT2D eigenvalue weighted by Crippen LogP contribution is -2.22. The number of carbonyl (C=O) groups is 2. The van der Waals surface area contributed by atoms with Crippen LogP contribution >= 0.6 is 11.6 Å². The third-order valence-electron chi connectivity index (χ3n) is 2.34. The number of ether oxygens (including phenoxy) is 1. The number of hydrogen-bond donors (Lipinski definition) is 1. The van der Waals surface area contributed by atoms with Crippen LogP contribution in [0, 0.1) is 10.1 Å². The number of esters is 1. The molecule has 1 N–H and O–H groups in total. The molecule has 0 aliphatic heterocycles. The minimum atomic E-state index is -0.651. The van der Waals surface area contributed by atoms with Gasteiger partial charge in [0, 0.05) is 23.9 Å². The Morgan fingerprint density at radius 2 is 2.14 bits per heavy atom. The van der Waals surface area contributed by atoms with Gasteiger partial charge in [-0.05, 0) is 19.9 Å². The molecule has 21 heavy (non-hydrogen) atoms. The summed E-state index contributed by atoms with van der Waals surface area (Å²) in [6, 6.07) is 3.52. The molecule has 0 unspecified atom stereocenters. The Bertz CT molecular complexity index is 613. The van der Waals surface area contributed by atoms with Gasteiger partial charge in [0.1, 0.15) is 0 Å². The molecule has 7 nitrogen and oxygen atoms in total. The highest BCUT2D eigenvalue weighted by Gasteiger charge is 2.16. The second-order valence-corrected chi connectivity index (χ2v) is 4.36. The number of nitro groups is 1. The second-order valence-electron chi connectivity index (χ2n) is 3.95. The number of allylic oxidation sites excluding steroid dienone is 1. The molecule has 112 valence electrons. The van der Waals surface area contributed by atoms with Crippen LogP contribution in [-0.4, -0.2) is 23.4 Å². The van der Waals surface area contributed by atoms with Gasteiger partial charge < -0.3 is 10.1 Å². The zero-order valence-electron chi connectivity index (χ0n) is 11.4. The second kappa shape index (κ2) is 7.39. The highest BCUT2D eigenvalue weighted by atomic mass is 35.5. The van der Waals surface area contributed by atoms with Crippen molar-refractivity contribution in [3.8, 4) is 0 Å². The lowest BCUT2D eigenvalue weighted by molar-refractivity contribution is -0.384. The number of rotatable bonds is 5. The topological polar surface area (TPSA) is 98.5 Å². The number of amides is 1. The normalized spacial score (nSPS) is 10.9. The van der Waals surface area contributed by atoms with Crippen LogP contribution in [0.15, 0.2) is 30.0 Å². The number of hydrogen-bond acceptors (Lipinski definition) is 5. The van der Waals surface area contributed by atoms with Crippen LogP contribution in [0.2, 0.25) is 5.02 Å². The first kappa shape index (κ1) is 16.6. The number of halogens is 1. The molecule has 1 aromatic carbocycles. The summed E-state index contributed by atoms with van der Waals surface area (Å²) in [5, 5.41) is 13.2. The van der Waals surface area contributed by atoms with E-state index < -0.39 is 16.8 Å². The number of nitrogens with zero attached hydrogens (tertiary/aromatic N) is 1. The van der Waals surface area contributed by atoms with E-state index in [0.29, 0.717) is 0 Å². The number of benzene rings is 1. The van der Waals surface area contributed by atoms with Gasteiger partial charge >= 0.3 is 5.97 Å². The van der Waals surface area contributed by atoms with Gasteiger partial charge in [0.2, 0.25) is 0 Å². The highest BCUT2D eigenvalue weighted by molar-refractivity contribution is 6.34. The Morgan fingerprint density at radius 3 is 2.71 bits per heavy atom. The molecular weight excluding hydrogens is 300 g/mol. The van der Waals surface area contributed by atoms with Gasteiger partial charge in [0.15, 0.2) is 0 Å². The Kier molecular flexibility index (Phi) is 5.86. The number of carbonyl (C=O) groups excluding carboxylic acids is 2. The lowest BCUT2D eigenvalue weighted by Gasteiger charge is -2.07.